The van der Waals surface area contributed by atoms with E-state index in [2.05, 4.69) is 5.32 Å². The molecular weight excluding hydrogens is 581 g/mol. The van der Waals surface area contributed by atoms with E-state index in [-0.39, 0.29) is 17.3 Å². The molecule has 2 amide bonds. The molecule has 0 aliphatic heterocycles. The molecule has 1 atom stereocenters. The molecule has 0 spiro atoms. The molecule has 0 saturated heterocycles. The van der Waals surface area contributed by atoms with E-state index in [1.165, 1.54) is 29.2 Å². The molecule has 3 aromatic carbocycles. The summed E-state index contributed by atoms with van der Waals surface area (Å²) in [4.78, 5) is 28.3. The van der Waals surface area contributed by atoms with Crippen LogP contribution in [0.2, 0.25) is 15.1 Å². The molecule has 0 aliphatic carbocycles. The number of aryl methyl sites for hydroxylation is 1. The summed E-state index contributed by atoms with van der Waals surface area (Å²) < 4.78 is 28.7. The molecule has 0 heterocycles. The van der Waals surface area contributed by atoms with Crippen molar-refractivity contribution in [2.45, 2.75) is 44.7 Å². The molecule has 3 rings (SSSR count). The molecular formula is C28H30Cl3N3O4S. The molecule has 1 N–H and O–H groups in total. The van der Waals surface area contributed by atoms with Crippen LogP contribution >= 0.6 is 34.8 Å². The third-order valence-corrected chi connectivity index (χ3v) is 8.69. The van der Waals surface area contributed by atoms with Crippen molar-refractivity contribution in [3.63, 3.8) is 0 Å². The van der Waals surface area contributed by atoms with Gasteiger partial charge in [0.05, 0.1) is 10.6 Å². The van der Waals surface area contributed by atoms with Crippen LogP contribution in [0.5, 0.6) is 0 Å². The Morgan fingerprint density at radius 3 is 2.18 bits per heavy atom. The Labute approximate surface area is 244 Å². The predicted molar refractivity (Wildman–Crippen MR) is 157 cm³/mol. The first-order valence-electron chi connectivity index (χ1n) is 12.3. The van der Waals surface area contributed by atoms with Crippen molar-refractivity contribution in [1.29, 1.82) is 0 Å². The van der Waals surface area contributed by atoms with Crippen molar-refractivity contribution < 1.29 is 18.0 Å². The highest BCUT2D eigenvalue weighted by atomic mass is 35.5. The quantitative estimate of drug-likeness (QED) is 0.285. The van der Waals surface area contributed by atoms with Crippen LogP contribution in [0.25, 0.3) is 0 Å². The van der Waals surface area contributed by atoms with E-state index in [1.807, 2.05) is 13.0 Å². The van der Waals surface area contributed by atoms with E-state index in [4.69, 9.17) is 34.8 Å². The minimum absolute atomic E-state index is 0.0207. The zero-order valence-corrected chi connectivity index (χ0v) is 24.9. The zero-order chi connectivity index (χ0) is 28.7. The van der Waals surface area contributed by atoms with Gasteiger partial charge >= 0.3 is 0 Å². The standard InChI is InChI=1S/C28H30Cl3N3O4S/c1-4-26(28(36)32-5-2)33(17-20-9-10-22(30)16-25(20)31)27(35)18-34(23-8-6-7-19(3)15-23)39(37,38)24-13-11-21(29)12-14-24/h6-16,26H,4-5,17-18H2,1-3H3,(H,32,36). The molecule has 0 bridgehead atoms. The molecule has 0 aliphatic rings. The van der Waals surface area contributed by atoms with Gasteiger partial charge in [0.1, 0.15) is 12.6 Å². The van der Waals surface area contributed by atoms with Gasteiger partial charge in [0, 0.05) is 28.2 Å². The third kappa shape index (κ3) is 7.66. The highest BCUT2D eigenvalue weighted by Gasteiger charge is 2.33. The number of sulfonamides is 1. The molecule has 0 radical (unpaired) electrons. The molecule has 0 fully saturated rings. The summed E-state index contributed by atoms with van der Waals surface area (Å²) in [5, 5.41) is 3.90. The molecule has 208 valence electrons. The van der Waals surface area contributed by atoms with E-state index in [0.29, 0.717) is 39.3 Å². The first-order valence-corrected chi connectivity index (χ1v) is 14.9. The van der Waals surface area contributed by atoms with E-state index in [0.717, 1.165) is 9.87 Å². The number of nitrogens with zero attached hydrogens (tertiary/aromatic N) is 2. The van der Waals surface area contributed by atoms with E-state index in [1.54, 1.807) is 50.2 Å². The Hall–Kier alpha value is -2.78. The minimum atomic E-state index is -4.18. The summed E-state index contributed by atoms with van der Waals surface area (Å²) in [6.07, 6.45) is 0.303. The van der Waals surface area contributed by atoms with Gasteiger partial charge in [-0.15, -0.1) is 0 Å². The lowest BCUT2D eigenvalue weighted by atomic mass is 10.1. The first-order chi connectivity index (χ1) is 18.5. The first kappa shape index (κ1) is 30.8. The number of halogens is 3. The van der Waals surface area contributed by atoms with Gasteiger partial charge in [-0.3, -0.25) is 13.9 Å². The van der Waals surface area contributed by atoms with E-state index < -0.39 is 28.5 Å². The number of rotatable bonds is 11. The molecule has 39 heavy (non-hydrogen) atoms. The van der Waals surface area contributed by atoms with Gasteiger partial charge < -0.3 is 10.2 Å². The maximum atomic E-state index is 14.0. The summed E-state index contributed by atoms with van der Waals surface area (Å²) >= 11 is 18.5. The summed E-state index contributed by atoms with van der Waals surface area (Å²) in [7, 11) is -4.18. The normalized spacial score (nSPS) is 12.1. The second-order valence-corrected chi connectivity index (χ2v) is 12.0. The van der Waals surface area contributed by atoms with Crippen molar-refractivity contribution in [1.82, 2.24) is 10.2 Å². The van der Waals surface area contributed by atoms with Crippen molar-refractivity contribution in [3.05, 3.63) is 92.9 Å². The summed E-state index contributed by atoms with van der Waals surface area (Å²) in [5.74, 6) is -0.917. The predicted octanol–water partition coefficient (Wildman–Crippen LogP) is 6.09. The van der Waals surface area contributed by atoms with Crippen molar-refractivity contribution in [2.75, 3.05) is 17.4 Å². The average molecular weight is 611 g/mol. The number of amides is 2. The largest absolute Gasteiger partial charge is 0.355 e. The molecule has 11 heteroatoms. The minimum Gasteiger partial charge on any atom is -0.355 e. The van der Waals surface area contributed by atoms with Gasteiger partial charge in [-0.25, -0.2) is 8.42 Å². The van der Waals surface area contributed by atoms with Crippen LogP contribution in [0.15, 0.2) is 71.6 Å². The van der Waals surface area contributed by atoms with Crippen LogP contribution < -0.4 is 9.62 Å². The number of carbonyl (C=O) groups is 2. The van der Waals surface area contributed by atoms with Crippen molar-refractivity contribution in [2.24, 2.45) is 0 Å². The van der Waals surface area contributed by atoms with Gasteiger partial charge in [-0.1, -0.05) is 59.9 Å². The van der Waals surface area contributed by atoms with Gasteiger partial charge in [0.15, 0.2) is 0 Å². The average Bonchev–Trinajstić information content (AvgIpc) is 2.88. The van der Waals surface area contributed by atoms with Gasteiger partial charge in [-0.2, -0.15) is 0 Å². The Morgan fingerprint density at radius 2 is 1.59 bits per heavy atom. The molecule has 0 saturated carbocycles. The Morgan fingerprint density at radius 1 is 0.923 bits per heavy atom. The molecule has 3 aromatic rings. The Balaban J connectivity index is 2.08. The Bertz CT molecular complexity index is 1430. The number of hydrogen-bond donors (Lipinski definition) is 1. The number of anilines is 1. The zero-order valence-electron chi connectivity index (χ0n) is 21.8. The fourth-order valence-corrected chi connectivity index (χ4v) is 6.09. The Kier molecular flexibility index (Phi) is 10.7. The van der Waals surface area contributed by atoms with Crippen LogP contribution in [0.3, 0.4) is 0 Å². The van der Waals surface area contributed by atoms with Crippen LogP contribution in [0.4, 0.5) is 5.69 Å². The summed E-state index contributed by atoms with van der Waals surface area (Å²) in [6.45, 7) is 5.20. The summed E-state index contributed by atoms with van der Waals surface area (Å²) in [6, 6.07) is 16.6. The third-order valence-electron chi connectivity index (χ3n) is 6.06. The fourth-order valence-electron chi connectivity index (χ4n) is 4.09. The van der Waals surface area contributed by atoms with Crippen molar-refractivity contribution in [3.8, 4) is 0 Å². The van der Waals surface area contributed by atoms with Crippen LogP contribution in [0, 0.1) is 6.92 Å². The number of nitrogens with one attached hydrogen (secondary N) is 1. The van der Waals surface area contributed by atoms with E-state index in [9.17, 15) is 18.0 Å². The number of hydrogen-bond acceptors (Lipinski definition) is 4. The highest BCUT2D eigenvalue weighted by Crippen LogP contribution is 2.28. The molecule has 0 aromatic heterocycles. The number of carbonyl (C=O) groups excluding carboxylic acids is 2. The lowest BCUT2D eigenvalue weighted by Gasteiger charge is -2.33. The van der Waals surface area contributed by atoms with E-state index >= 15 is 0 Å². The van der Waals surface area contributed by atoms with Gasteiger partial charge in [0.25, 0.3) is 10.0 Å². The lowest BCUT2D eigenvalue weighted by molar-refractivity contribution is -0.140. The fraction of sp³-hybridized carbons (Fsp3) is 0.286. The number of benzene rings is 3. The SMILES string of the molecule is CCNC(=O)C(CC)N(Cc1ccc(Cl)cc1Cl)C(=O)CN(c1cccc(C)c1)S(=O)(=O)c1ccc(Cl)cc1. The van der Waals surface area contributed by atoms with Crippen LogP contribution in [0.1, 0.15) is 31.4 Å². The maximum absolute atomic E-state index is 14.0. The second-order valence-electron chi connectivity index (χ2n) is 8.88. The van der Waals surface area contributed by atoms with Crippen LogP contribution in [-0.4, -0.2) is 44.3 Å². The topological polar surface area (TPSA) is 86.8 Å². The maximum Gasteiger partial charge on any atom is 0.264 e. The van der Waals surface area contributed by atoms with Gasteiger partial charge in [-0.05, 0) is 79.9 Å². The lowest BCUT2D eigenvalue weighted by Crippen LogP contribution is -2.52. The van der Waals surface area contributed by atoms with Gasteiger partial charge in [0.2, 0.25) is 11.8 Å². The van der Waals surface area contributed by atoms with Crippen molar-refractivity contribution >= 4 is 62.3 Å². The second kappa shape index (κ2) is 13.5. The molecule has 1 unspecified atom stereocenters. The monoisotopic (exact) mass is 609 g/mol. The smallest absolute Gasteiger partial charge is 0.264 e. The summed E-state index contributed by atoms with van der Waals surface area (Å²) in [5.41, 5.74) is 1.70. The highest BCUT2D eigenvalue weighted by molar-refractivity contribution is 7.92. The number of likely N-dealkylation sites (N-methyl/N-ethyl adjacent to an activating group) is 1. The van der Waals surface area contributed by atoms with Crippen LogP contribution in [-0.2, 0) is 26.2 Å². The molecule has 7 nitrogen and oxygen atoms in total.